The smallest absolute Gasteiger partial charge is 0.269 e. The van der Waals surface area contributed by atoms with Gasteiger partial charge in [-0.2, -0.15) is 0 Å². The van der Waals surface area contributed by atoms with Crippen LogP contribution in [0.4, 0.5) is 4.39 Å². The van der Waals surface area contributed by atoms with Gasteiger partial charge < -0.3 is 0 Å². The topological polar surface area (TPSA) is 102 Å². The number of nitrogens with one attached hydrogen (secondary N) is 2. The van der Waals surface area contributed by atoms with Gasteiger partial charge in [0, 0.05) is 16.5 Å². The first-order valence-corrected chi connectivity index (χ1v) is 9.08. The Labute approximate surface area is 168 Å². The van der Waals surface area contributed by atoms with Gasteiger partial charge in [-0.15, -0.1) is 5.10 Å². The lowest BCUT2D eigenvalue weighted by atomic mass is 10.1. The van der Waals surface area contributed by atoms with Gasteiger partial charge in [-0.1, -0.05) is 28.1 Å². The molecule has 0 fully saturated rings. The Bertz CT molecular complexity index is 992. The second-order valence-electron chi connectivity index (χ2n) is 5.97. The molecule has 8 nitrogen and oxygen atoms in total. The quantitative estimate of drug-likeness (QED) is 0.584. The van der Waals surface area contributed by atoms with Crippen LogP contribution in [-0.2, 0) is 11.2 Å². The zero-order valence-corrected chi connectivity index (χ0v) is 16.4. The zero-order valence-electron chi connectivity index (χ0n) is 14.8. The van der Waals surface area contributed by atoms with E-state index in [1.165, 1.54) is 16.8 Å². The monoisotopic (exact) mass is 446 g/mol. The molecule has 10 heteroatoms. The fourth-order valence-electron chi connectivity index (χ4n) is 2.58. The van der Waals surface area contributed by atoms with Gasteiger partial charge in [-0.3, -0.25) is 20.4 Å². The summed E-state index contributed by atoms with van der Waals surface area (Å²) in [6.07, 6.45) is 0.142. The van der Waals surface area contributed by atoms with E-state index in [4.69, 9.17) is 0 Å². The van der Waals surface area contributed by atoms with E-state index in [1.807, 2.05) is 0 Å². The predicted molar refractivity (Wildman–Crippen MR) is 101 cm³/mol. The third-order valence-electron chi connectivity index (χ3n) is 3.98. The van der Waals surface area contributed by atoms with E-state index >= 15 is 0 Å². The molecule has 1 unspecified atom stereocenters. The van der Waals surface area contributed by atoms with E-state index in [9.17, 15) is 14.0 Å². The molecule has 0 spiro atoms. The maximum atomic E-state index is 13.5. The van der Waals surface area contributed by atoms with Gasteiger partial charge in [0.15, 0.2) is 0 Å². The third kappa shape index (κ3) is 4.77. The SMILES string of the molecule is Cc1nnnn1C(Cc1cccc(F)c1)C(=O)NNC(=O)c1ccc(Br)cc1. The van der Waals surface area contributed by atoms with Crippen LogP contribution in [0.1, 0.15) is 27.8 Å². The van der Waals surface area contributed by atoms with Gasteiger partial charge in [0.2, 0.25) is 0 Å². The highest BCUT2D eigenvalue weighted by Crippen LogP contribution is 2.16. The van der Waals surface area contributed by atoms with Gasteiger partial charge >= 0.3 is 0 Å². The summed E-state index contributed by atoms with van der Waals surface area (Å²) in [6.45, 7) is 1.65. The number of hydrogen-bond acceptors (Lipinski definition) is 5. The summed E-state index contributed by atoms with van der Waals surface area (Å²) >= 11 is 3.29. The number of halogens is 2. The van der Waals surface area contributed by atoms with Gasteiger partial charge in [-0.05, 0) is 59.3 Å². The lowest BCUT2D eigenvalue weighted by molar-refractivity contribution is -0.125. The van der Waals surface area contributed by atoms with Crippen LogP contribution >= 0.6 is 15.9 Å². The van der Waals surface area contributed by atoms with Crippen molar-refractivity contribution in [3.05, 3.63) is 75.8 Å². The van der Waals surface area contributed by atoms with Crippen molar-refractivity contribution in [1.29, 1.82) is 0 Å². The second-order valence-corrected chi connectivity index (χ2v) is 6.89. The molecule has 0 saturated carbocycles. The van der Waals surface area contributed by atoms with E-state index in [2.05, 4.69) is 42.3 Å². The Hall–Kier alpha value is -3.14. The Kier molecular flexibility index (Phi) is 6.09. The average Bonchev–Trinajstić information content (AvgIpc) is 3.10. The van der Waals surface area contributed by atoms with Crippen LogP contribution in [0, 0.1) is 12.7 Å². The predicted octanol–water partition coefficient (Wildman–Crippen LogP) is 2.13. The summed E-state index contributed by atoms with van der Waals surface area (Å²) in [5.74, 6) is -1.01. The van der Waals surface area contributed by atoms with Crippen molar-refractivity contribution in [3.8, 4) is 0 Å². The zero-order chi connectivity index (χ0) is 20.1. The maximum Gasteiger partial charge on any atom is 0.269 e. The van der Waals surface area contributed by atoms with Crippen LogP contribution in [0.25, 0.3) is 0 Å². The van der Waals surface area contributed by atoms with Gasteiger partial charge in [0.1, 0.15) is 17.7 Å². The molecular formula is C18H16BrFN6O2. The molecule has 1 aromatic heterocycles. The molecule has 1 atom stereocenters. The van der Waals surface area contributed by atoms with E-state index < -0.39 is 23.7 Å². The van der Waals surface area contributed by atoms with Crippen LogP contribution in [0.5, 0.6) is 0 Å². The number of tetrazole rings is 1. The van der Waals surface area contributed by atoms with Crippen LogP contribution in [0.15, 0.2) is 53.0 Å². The molecular weight excluding hydrogens is 431 g/mol. The molecule has 144 valence electrons. The Morgan fingerprint density at radius 2 is 1.93 bits per heavy atom. The van der Waals surface area contributed by atoms with Crippen molar-refractivity contribution in [3.63, 3.8) is 0 Å². The van der Waals surface area contributed by atoms with Crippen molar-refractivity contribution in [1.82, 2.24) is 31.1 Å². The summed E-state index contributed by atoms with van der Waals surface area (Å²) in [6, 6.07) is 11.7. The third-order valence-corrected chi connectivity index (χ3v) is 4.51. The van der Waals surface area contributed by atoms with Crippen LogP contribution in [-0.4, -0.2) is 32.0 Å². The minimum Gasteiger partial charge on any atom is -0.271 e. The molecule has 0 saturated heterocycles. The van der Waals surface area contributed by atoms with Crippen LogP contribution in [0.3, 0.4) is 0 Å². The molecule has 2 aromatic carbocycles. The number of hydrogen-bond donors (Lipinski definition) is 2. The van der Waals surface area contributed by atoms with Crippen LogP contribution in [0.2, 0.25) is 0 Å². The first-order chi connectivity index (χ1) is 13.4. The number of aryl methyl sites for hydroxylation is 1. The standard InChI is InChI=1S/C18H16BrFN6O2/c1-11-21-24-25-26(11)16(10-12-3-2-4-15(20)9-12)18(28)23-22-17(27)13-5-7-14(19)8-6-13/h2-9,16H,10H2,1H3,(H,22,27)(H,23,28). The average molecular weight is 447 g/mol. The number of aromatic nitrogens is 4. The van der Waals surface area contributed by atoms with Gasteiger partial charge in [0.05, 0.1) is 0 Å². The molecule has 0 bridgehead atoms. The highest BCUT2D eigenvalue weighted by molar-refractivity contribution is 9.10. The fraction of sp³-hybridized carbons (Fsp3) is 0.167. The highest BCUT2D eigenvalue weighted by Gasteiger charge is 2.25. The van der Waals surface area contributed by atoms with E-state index in [1.54, 1.807) is 43.3 Å². The molecule has 3 aromatic rings. The molecule has 0 aliphatic rings. The molecule has 0 aliphatic carbocycles. The van der Waals surface area contributed by atoms with Gasteiger partial charge in [0.25, 0.3) is 11.8 Å². The largest absolute Gasteiger partial charge is 0.271 e. The van der Waals surface area contributed by atoms with Crippen molar-refractivity contribution >= 4 is 27.7 Å². The Morgan fingerprint density at radius 1 is 1.18 bits per heavy atom. The van der Waals surface area contributed by atoms with E-state index in [0.717, 1.165) is 4.47 Å². The summed E-state index contributed by atoms with van der Waals surface area (Å²) in [5, 5.41) is 11.2. The lowest BCUT2D eigenvalue weighted by Gasteiger charge is -2.18. The number of carbonyl (C=O) groups is 2. The first-order valence-electron chi connectivity index (χ1n) is 8.28. The van der Waals surface area contributed by atoms with Crippen molar-refractivity contribution < 1.29 is 14.0 Å². The summed E-state index contributed by atoms with van der Waals surface area (Å²) in [4.78, 5) is 24.9. The first kappa shape index (κ1) is 19.6. The molecule has 3 rings (SSSR count). The minimum absolute atomic E-state index is 0.142. The van der Waals surface area contributed by atoms with E-state index in [0.29, 0.717) is 17.0 Å². The number of amides is 2. The van der Waals surface area contributed by atoms with Crippen molar-refractivity contribution in [2.45, 2.75) is 19.4 Å². The number of rotatable bonds is 5. The fourth-order valence-corrected chi connectivity index (χ4v) is 2.84. The van der Waals surface area contributed by atoms with Crippen molar-refractivity contribution in [2.24, 2.45) is 0 Å². The molecule has 2 N–H and O–H groups in total. The van der Waals surface area contributed by atoms with Crippen LogP contribution < -0.4 is 10.9 Å². The van der Waals surface area contributed by atoms with E-state index in [-0.39, 0.29) is 6.42 Å². The van der Waals surface area contributed by atoms with Gasteiger partial charge in [-0.25, -0.2) is 9.07 Å². The Balaban J connectivity index is 1.74. The number of benzene rings is 2. The molecule has 0 aliphatic heterocycles. The lowest BCUT2D eigenvalue weighted by Crippen LogP contribution is -2.46. The Morgan fingerprint density at radius 3 is 2.57 bits per heavy atom. The summed E-state index contributed by atoms with van der Waals surface area (Å²) in [7, 11) is 0. The second kappa shape index (κ2) is 8.70. The summed E-state index contributed by atoms with van der Waals surface area (Å²) < 4.78 is 15.7. The molecule has 2 amide bonds. The van der Waals surface area contributed by atoms with Crippen molar-refractivity contribution in [2.75, 3.05) is 0 Å². The highest BCUT2D eigenvalue weighted by atomic mass is 79.9. The normalized spacial score (nSPS) is 11.7. The maximum absolute atomic E-state index is 13.5. The molecule has 28 heavy (non-hydrogen) atoms. The minimum atomic E-state index is -0.873. The molecule has 0 radical (unpaired) electrons. The number of carbonyl (C=O) groups excluding carboxylic acids is 2. The summed E-state index contributed by atoms with van der Waals surface area (Å²) in [5.41, 5.74) is 5.72. The number of nitrogens with zero attached hydrogens (tertiary/aromatic N) is 4. The molecule has 1 heterocycles. The number of hydrazine groups is 1.